The third-order valence-corrected chi connectivity index (χ3v) is 3.72. The largest absolute Gasteiger partial charge is 0.355 e. The zero-order chi connectivity index (χ0) is 13.2. The minimum absolute atomic E-state index is 0.129. The maximum absolute atomic E-state index is 11.5. The van der Waals surface area contributed by atoms with Crippen LogP contribution in [0.15, 0.2) is 35.2 Å². The molecule has 0 spiro atoms. The van der Waals surface area contributed by atoms with Gasteiger partial charge in [0.2, 0.25) is 5.91 Å². The maximum atomic E-state index is 11.5. The minimum atomic E-state index is 0.129. The van der Waals surface area contributed by atoms with Crippen LogP contribution < -0.4 is 11.1 Å². The molecule has 3 nitrogen and oxygen atoms in total. The van der Waals surface area contributed by atoms with Crippen LogP contribution in [-0.2, 0) is 4.79 Å². The van der Waals surface area contributed by atoms with E-state index in [0.717, 1.165) is 18.7 Å². The van der Waals surface area contributed by atoms with E-state index in [1.807, 2.05) is 18.2 Å². The summed E-state index contributed by atoms with van der Waals surface area (Å²) in [6.45, 7) is 3.44. The molecular formula is C14H22N2OS. The van der Waals surface area contributed by atoms with E-state index in [1.54, 1.807) is 11.8 Å². The highest BCUT2D eigenvalue weighted by Crippen LogP contribution is 2.15. The Morgan fingerprint density at radius 2 is 2.11 bits per heavy atom. The lowest BCUT2D eigenvalue weighted by Crippen LogP contribution is -2.26. The van der Waals surface area contributed by atoms with Gasteiger partial charge in [-0.1, -0.05) is 25.1 Å². The third kappa shape index (κ3) is 6.67. The Morgan fingerprint density at radius 3 is 2.78 bits per heavy atom. The zero-order valence-electron chi connectivity index (χ0n) is 10.9. The van der Waals surface area contributed by atoms with Crippen molar-refractivity contribution in [2.45, 2.75) is 24.7 Å². The first-order chi connectivity index (χ1) is 8.72. The molecule has 1 amide bonds. The summed E-state index contributed by atoms with van der Waals surface area (Å²) in [5, 5.41) is 2.93. The Labute approximate surface area is 114 Å². The van der Waals surface area contributed by atoms with Crippen LogP contribution in [0.5, 0.6) is 0 Å². The number of benzene rings is 1. The van der Waals surface area contributed by atoms with E-state index in [9.17, 15) is 4.79 Å². The van der Waals surface area contributed by atoms with Crippen LogP contribution in [0.3, 0.4) is 0 Å². The van der Waals surface area contributed by atoms with Gasteiger partial charge in [0.1, 0.15) is 0 Å². The van der Waals surface area contributed by atoms with Gasteiger partial charge in [0.25, 0.3) is 0 Å². The van der Waals surface area contributed by atoms with Gasteiger partial charge in [0, 0.05) is 23.6 Å². The Bertz CT molecular complexity index is 343. The van der Waals surface area contributed by atoms with Crippen LogP contribution in [0.4, 0.5) is 0 Å². The fourth-order valence-corrected chi connectivity index (χ4v) is 2.25. The predicted molar refractivity (Wildman–Crippen MR) is 77.6 cm³/mol. The summed E-state index contributed by atoms with van der Waals surface area (Å²) < 4.78 is 0. The van der Waals surface area contributed by atoms with E-state index in [-0.39, 0.29) is 5.91 Å². The summed E-state index contributed by atoms with van der Waals surface area (Å²) in [7, 11) is 0. The van der Waals surface area contributed by atoms with Gasteiger partial charge in [-0.3, -0.25) is 4.79 Å². The van der Waals surface area contributed by atoms with E-state index >= 15 is 0 Å². The first kappa shape index (κ1) is 15.1. The molecule has 3 N–H and O–H groups in total. The number of nitrogens with two attached hydrogens (primary N) is 1. The molecular weight excluding hydrogens is 244 g/mol. The Hall–Kier alpha value is -1.00. The molecule has 0 radical (unpaired) electrons. The summed E-state index contributed by atoms with van der Waals surface area (Å²) >= 11 is 1.76. The number of hydrogen-bond acceptors (Lipinski definition) is 3. The SMILES string of the molecule is CC(CN)CCC(=O)NCCSc1ccccc1. The number of carbonyl (C=O) groups excluding carboxylic acids is 1. The lowest BCUT2D eigenvalue weighted by molar-refractivity contribution is -0.121. The topological polar surface area (TPSA) is 55.1 Å². The highest BCUT2D eigenvalue weighted by molar-refractivity contribution is 7.99. The van der Waals surface area contributed by atoms with Gasteiger partial charge in [0.15, 0.2) is 0 Å². The lowest BCUT2D eigenvalue weighted by atomic mass is 10.1. The average molecular weight is 266 g/mol. The number of thioether (sulfide) groups is 1. The highest BCUT2D eigenvalue weighted by Gasteiger charge is 2.04. The standard InChI is InChI=1S/C14H22N2OS/c1-12(11-15)7-8-14(17)16-9-10-18-13-5-3-2-4-6-13/h2-6,12H,7-11,15H2,1H3,(H,16,17). The summed E-state index contributed by atoms with van der Waals surface area (Å²) in [5.41, 5.74) is 5.51. The Balaban J connectivity index is 2.05. The molecule has 0 heterocycles. The number of rotatable bonds is 8. The number of amides is 1. The summed E-state index contributed by atoms with van der Waals surface area (Å²) in [6.07, 6.45) is 1.45. The normalized spacial score (nSPS) is 12.1. The van der Waals surface area contributed by atoms with Crippen molar-refractivity contribution >= 4 is 17.7 Å². The van der Waals surface area contributed by atoms with Gasteiger partial charge >= 0.3 is 0 Å². The van der Waals surface area contributed by atoms with Crippen molar-refractivity contribution in [1.29, 1.82) is 0 Å². The van der Waals surface area contributed by atoms with E-state index in [4.69, 9.17) is 5.73 Å². The molecule has 0 aliphatic carbocycles. The Kier molecular flexibility index (Phi) is 7.53. The minimum Gasteiger partial charge on any atom is -0.355 e. The Morgan fingerprint density at radius 1 is 1.39 bits per heavy atom. The van der Waals surface area contributed by atoms with Crippen molar-refractivity contribution in [2.24, 2.45) is 11.7 Å². The first-order valence-electron chi connectivity index (χ1n) is 6.37. The van der Waals surface area contributed by atoms with Gasteiger partial charge in [0.05, 0.1) is 0 Å². The van der Waals surface area contributed by atoms with Crippen molar-refractivity contribution in [2.75, 3.05) is 18.8 Å². The van der Waals surface area contributed by atoms with Crippen LogP contribution in [0.1, 0.15) is 19.8 Å². The average Bonchev–Trinajstić information content (AvgIpc) is 2.42. The van der Waals surface area contributed by atoms with E-state index in [2.05, 4.69) is 24.4 Å². The summed E-state index contributed by atoms with van der Waals surface area (Å²) in [5.74, 6) is 1.46. The van der Waals surface area contributed by atoms with E-state index in [1.165, 1.54) is 4.90 Å². The van der Waals surface area contributed by atoms with Crippen molar-refractivity contribution < 1.29 is 4.79 Å². The first-order valence-corrected chi connectivity index (χ1v) is 7.35. The smallest absolute Gasteiger partial charge is 0.220 e. The zero-order valence-corrected chi connectivity index (χ0v) is 11.7. The molecule has 0 aliphatic heterocycles. The molecule has 1 aromatic rings. The number of nitrogens with one attached hydrogen (secondary N) is 1. The number of hydrogen-bond donors (Lipinski definition) is 2. The summed E-state index contributed by atoms with van der Waals surface area (Å²) in [6, 6.07) is 10.2. The van der Waals surface area contributed by atoms with Crippen molar-refractivity contribution in [3.63, 3.8) is 0 Å². The molecule has 1 unspecified atom stereocenters. The fourth-order valence-electron chi connectivity index (χ4n) is 1.46. The van der Waals surface area contributed by atoms with Crippen molar-refractivity contribution in [1.82, 2.24) is 5.32 Å². The number of carbonyl (C=O) groups is 1. The van der Waals surface area contributed by atoms with Crippen LogP contribution in [0.2, 0.25) is 0 Å². The van der Waals surface area contributed by atoms with Crippen LogP contribution in [-0.4, -0.2) is 24.7 Å². The van der Waals surface area contributed by atoms with Gasteiger partial charge in [-0.05, 0) is 31.0 Å². The lowest BCUT2D eigenvalue weighted by Gasteiger charge is -2.08. The van der Waals surface area contributed by atoms with Gasteiger partial charge < -0.3 is 11.1 Å². The predicted octanol–water partition coefficient (Wildman–Crippen LogP) is 2.27. The van der Waals surface area contributed by atoms with E-state index in [0.29, 0.717) is 18.9 Å². The van der Waals surface area contributed by atoms with E-state index < -0.39 is 0 Å². The monoisotopic (exact) mass is 266 g/mol. The van der Waals surface area contributed by atoms with Crippen LogP contribution in [0, 0.1) is 5.92 Å². The van der Waals surface area contributed by atoms with Crippen molar-refractivity contribution in [3.05, 3.63) is 30.3 Å². The maximum Gasteiger partial charge on any atom is 0.220 e. The molecule has 0 aliphatic rings. The van der Waals surface area contributed by atoms with Gasteiger partial charge in [-0.15, -0.1) is 11.8 Å². The molecule has 0 aromatic heterocycles. The molecule has 4 heteroatoms. The molecule has 1 atom stereocenters. The van der Waals surface area contributed by atoms with Crippen LogP contribution in [0.25, 0.3) is 0 Å². The second-order valence-corrected chi connectivity index (χ2v) is 5.56. The van der Waals surface area contributed by atoms with Gasteiger partial charge in [-0.2, -0.15) is 0 Å². The summed E-state index contributed by atoms with van der Waals surface area (Å²) in [4.78, 5) is 12.8. The molecule has 0 saturated heterocycles. The fraction of sp³-hybridized carbons (Fsp3) is 0.500. The molecule has 1 aromatic carbocycles. The molecule has 100 valence electrons. The second-order valence-electron chi connectivity index (χ2n) is 4.39. The molecule has 18 heavy (non-hydrogen) atoms. The second kappa shape index (κ2) is 9.00. The molecule has 0 saturated carbocycles. The van der Waals surface area contributed by atoms with Crippen molar-refractivity contribution in [3.8, 4) is 0 Å². The van der Waals surface area contributed by atoms with Crippen LogP contribution >= 0.6 is 11.8 Å². The third-order valence-electron chi connectivity index (χ3n) is 2.70. The molecule has 0 bridgehead atoms. The van der Waals surface area contributed by atoms with Gasteiger partial charge in [-0.25, -0.2) is 0 Å². The highest BCUT2D eigenvalue weighted by atomic mass is 32.2. The molecule has 1 rings (SSSR count). The quantitative estimate of drug-likeness (QED) is 0.560. The molecule has 0 fully saturated rings.